The molecular formula is C9H12N2O4S. The molecule has 0 aliphatic heterocycles. The average molecular weight is 244 g/mol. The van der Waals surface area contributed by atoms with E-state index in [1.165, 1.54) is 19.2 Å². The van der Waals surface area contributed by atoms with Crippen LogP contribution in [0, 0.1) is 0 Å². The van der Waals surface area contributed by atoms with Gasteiger partial charge < -0.3 is 4.74 Å². The van der Waals surface area contributed by atoms with Gasteiger partial charge in [-0.15, -0.1) is 0 Å². The molecule has 0 saturated carbocycles. The number of Topliss-reactive ketones (excluding diaryl/α,β-unsaturated/α-hetero) is 1. The van der Waals surface area contributed by atoms with Gasteiger partial charge >= 0.3 is 0 Å². The molecule has 1 heterocycles. The van der Waals surface area contributed by atoms with Crippen LogP contribution in [-0.4, -0.2) is 32.9 Å². The van der Waals surface area contributed by atoms with Gasteiger partial charge in [-0.1, -0.05) is 0 Å². The number of ketones is 1. The molecule has 88 valence electrons. The van der Waals surface area contributed by atoms with E-state index < -0.39 is 10.0 Å². The number of methoxy groups -OCH3 is 1. The van der Waals surface area contributed by atoms with Gasteiger partial charge in [0.05, 0.1) is 6.42 Å². The fourth-order valence-electron chi connectivity index (χ4n) is 1.10. The highest BCUT2D eigenvalue weighted by Gasteiger charge is 2.09. The second kappa shape index (κ2) is 5.15. The number of aromatic nitrogens is 1. The minimum atomic E-state index is -3.73. The molecule has 0 fully saturated rings. The van der Waals surface area contributed by atoms with Gasteiger partial charge in [-0.3, -0.25) is 9.78 Å². The zero-order valence-corrected chi connectivity index (χ0v) is 9.53. The maximum Gasteiger partial charge on any atom is 0.239 e. The molecule has 1 aromatic rings. The summed E-state index contributed by atoms with van der Waals surface area (Å²) in [4.78, 5) is 14.9. The monoisotopic (exact) mass is 244 g/mol. The summed E-state index contributed by atoms with van der Waals surface area (Å²) in [6.07, 6.45) is 1.24. The maximum absolute atomic E-state index is 11.2. The van der Waals surface area contributed by atoms with E-state index in [0.717, 1.165) is 6.20 Å². The molecule has 0 aliphatic carbocycles. The lowest BCUT2D eigenvalue weighted by Gasteiger charge is -2.01. The summed E-state index contributed by atoms with van der Waals surface area (Å²) in [6.45, 7) is 0.0125. The molecule has 1 aromatic heterocycles. The SMILES string of the molecule is COCC(=O)Cc1ccc(S(N)(=O)=O)cn1. The Hall–Kier alpha value is -1.31. The Bertz CT molecular complexity index is 467. The third kappa shape index (κ3) is 3.69. The van der Waals surface area contributed by atoms with E-state index in [1.54, 1.807) is 0 Å². The average Bonchev–Trinajstić information content (AvgIpc) is 2.17. The first-order chi connectivity index (χ1) is 7.43. The van der Waals surface area contributed by atoms with Crippen molar-refractivity contribution in [3.8, 4) is 0 Å². The zero-order valence-electron chi connectivity index (χ0n) is 8.71. The molecule has 0 aliphatic rings. The van der Waals surface area contributed by atoms with Crippen LogP contribution in [0.15, 0.2) is 23.2 Å². The fraction of sp³-hybridized carbons (Fsp3) is 0.333. The lowest BCUT2D eigenvalue weighted by atomic mass is 10.2. The molecule has 0 amide bonds. The van der Waals surface area contributed by atoms with Crippen molar-refractivity contribution in [1.29, 1.82) is 0 Å². The first-order valence-electron chi connectivity index (χ1n) is 4.42. The van der Waals surface area contributed by atoms with Crippen LogP contribution in [-0.2, 0) is 26.0 Å². The van der Waals surface area contributed by atoms with Crippen molar-refractivity contribution in [2.75, 3.05) is 13.7 Å². The minimum absolute atomic E-state index is 0.0125. The summed E-state index contributed by atoms with van der Waals surface area (Å²) in [5.74, 6) is -0.127. The third-order valence-electron chi connectivity index (χ3n) is 1.81. The molecule has 0 saturated heterocycles. The van der Waals surface area contributed by atoms with Gasteiger partial charge in [0.1, 0.15) is 11.5 Å². The van der Waals surface area contributed by atoms with Gasteiger partial charge in [0.2, 0.25) is 10.0 Å². The Morgan fingerprint density at radius 3 is 2.62 bits per heavy atom. The Balaban J connectivity index is 2.76. The number of sulfonamides is 1. The number of nitrogens with zero attached hydrogens (tertiary/aromatic N) is 1. The summed E-state index contributed by atoms with van der Waals surface area (Å²) in [5, 5.41) is 4.90. The largest absolute Gasteiger partial charge is 0.377 e. The molecule has 0 spiro atoms. The molecule has 0 unspecified atom stereocenters. The van der Waals surface area contributed by atoms with Gasteiger partial charge in [0.25, 0.3) is 0 Å². The number of hydrogen-bond donors (Lipinski definition) is 1. The highest BCUT2D eigenvalue weighted by molar-refractivity contribution is 7.89. The second-order valence-corrected chi connectivity index (χ2v) is 4.74. The van der Waals surface area contributed by atoms with Crippen LogP contribution in [0.2, 0.25) is 0 Å². The number of nitrogens with two attached hydrogens (primary N) is 1. The van der Waals surface area contributed by atoms with Crippen molar-refractivity contribution in [3.63, 3.8) is 0 Å². The van der Waals surface area contributed by atoms with Crippen LogP contribution in [0.1, 0.15) is 5.69 Å². The maximum atomic E-state index is 11.2. The summed E-state index contributed by atoms with van der Waals surface area (Å²) in [6, 6.07) is 2.77. The van der Waals surface area contributed by atoms with Gasteiger partial charge in [-0.05, 0) is 12.1 Å². The molecule has 1 rings (SSSR count). The van der Waals surface area contributed by atoms with Crippen molar-refractivity contribution < 1.29 is 17.9 Å². The number of rotatable bonds is 5. The molecule has 0 atom stereocenters. The summed E-state index contributed by atoms with van der Waals surface area (Å²) < 4.78 is 26.5. The number of pyridine rings is 1. The van der Waals surface area contributed by atoms with Crippen LogP contribution < -0.4 is 5.14 Å². The normalized spacial score (nSPS) is 11.4. The molecule has 0 aromatic carbocycles. The van der Waals surface area contributed by atoms with Crippen molar-refractivity contribution in [2.24, 2.45) is 5.14 Å². The van der Waals surface area contributed by atoms with E-state index >= 15 is 0 Å². The summed E-state index contributed by atoms with van der Waals surface area (Å²) in [7, 11) is -2.30. The van der Waals surface area contributed by atoms with Crippen molar-refractivity contribution in [3.05, 3.63) is 24.0 Å². The van der Waals surface area contributed by atoms with E-state index in [1.807, 2.05) is 0 Å². The van der Waals surface area contributed by atoms with E-state index in [-0.39, 0.29) is 23.7 Å². The number of hydrogen-bond acceptors (Lipinski definition) is 5. The van der Waals surface area contributed by atoms with Crippen LogP contribution in [0.3, 0.4) is 0 Å². The predicted molar refractivity (Wildman–Crippen MR) is 56.2 cm³/mol. The lowest BCUT2D eigenvalue weighted by molar-refractivity contribution is -0.122. The Kier molecular flexibility index (Phi) is 4.11. The van der Waals surface area contributed by atoms with Gasteiger partial charge in [-0.25, -0.2) is 13.6 Å². The molecular weight excluding hydrogens is 232 g/mol. The number of ether oxygens (including phenoxy) is 1. The van der Waals surface area contributed by atoms with Crippen molar-refractivity contribution >= 4 is 15.8 Å². The number of carbonyl (C=O) groups excluding carboxylic acids is 1. The topological polar surface area (TPSA) is 99.4 Å². The standard InChI is InChI=1S/C9H12N2O4S/c1-15-6-8(12)4-7-2-3-9(5-11-7)16(10,13)14/h2-3,5H,4,6H2,1H3,(H2,10,13,14). The fourth-order valence-corrected chi connectivity index (χ4v) is 1.56. The molecule has 7 heteroatoms. The van der Waals surface area contributed by atoms with E-state index in [4.69, 9.17) is 5.14 Å². The number of carbonyl (C=O) groups is 1. The highest BCUT2D eigenvalue weighted by Crippen LogP contribution is 2.06. The van der Waals surface area contributed by atoms with Gasteiger partial charge in [0.15, 0.2) is 5.78 Å². The first-order valence-corrected chi connectivity index (χ1v) is 5.96. The molecule has 16 heavy (non-hydrogen) atoms. The van der Waals surface area contributed by atoms with Crippen molar-refractivity contribution in [2.45, 2.75) is 11.3 Å². The van der Waals surface area contributed by atoms with E-state index in [0.29, 0.717) is 5.69 Å². The smallest absolute Gasteiger partial charge is 0.239 e. The molecule has 6 nitrogen and oxygen atoms in total. The third-order valence-corrected chi connectivity index (χ3v) is 2.71. The van der Waals surface area contributed by atoms with E-state index in [9.17, 15) is 13.2 Å². The molecule has 0 radical (unpaired) electrons. The van der Waals surface area contributed by atoms with Gasteiger partial charge in [0, 0.05) is 19.0 Å². The lowest BCUT2D eigenvalue weighted by Crippen LogP contribution is -2.14. The Labute approximate surface area is 93.5 Å². The predicted octanol–water partition coefficient (Wildman–Crippen LogP) is -0.513. The molecule has 0 bridgehead atoms. The minimum Gasteiger partial charge on any atom is -0.377 e. The second-order valence-electron chi connectivity index (χ2n) is 3.18. The Morgan fingerprint density at radius 1 is 1.50 bits per heavy atom. The van der Waals surface area contributed by atoms with Crippen LogP contribution >= 0.6 is 0 Å². The Morgan fingerprint density at radius 2 is 2.19 bits per heavy atom. The van der Waals surface area contributed by atoms with Crippen LogP contribution in [0.4, 0.5) is 0 Å². The summed E-state index contributed by atoms with van der Waals surface area (Å²) in [5.41, 5.74) is 0.481. The van der Waals surface area contributed by atoms with Crippen molar-refractivity contribution in [1.82, 2.24) is 4.98 Å². The van der Waals surface area contributed by atoms with Gasteiger partial charge in [-0.2, -0.15) is 0 Å². The van der Waals surface area contributed by atoms with E-state index in [2.05, 4.69) is 9.72 Å². The highest BCUT2D eigenvalue weighted by atomic mass is 32.2. The van der Waals surface area contributed by atoms with Crippen LogP contribution in [0.5, 0.6) is 0 Å². The summed E-state index contributed by atoms with van der Waals surface area (Å²) >= 11 is 0. The zero-order chi connectivity index (χ0) is 12.2. The first kappa shape index (κ1) is 12.8. The van der Waals surface area contributed by atoms with Crippen LogP contribution in [0.25, 0.3) is 0 Å². The quantitative estimate of drug-likeness (QED) is 0.751. The molecule has 2 N–H and O–H groups in total. The number of primary sulfonamides is 1.